The minimum absolute atomic E-state index is 0.121. The number of nitrogens with zero attached hydrogens (tertiary/aromatic N) is 1. The van der Waals surface area contributed by atoms with Crippen molar-refractivity contribution in [2.75, 3.05) is 31.9 Å². The summed E-state index contributed by atoms with van der Waals surface area (Å²) < 4.78 is 35.0. The third kappa shape index (κ3) is 16.6. The van der Waals surface area contributed by atoms with E-state index >= 15 is 0 Å². The summed E-state index contributed by atoms with van der Waals surface area (Å²) in [7, 11) is -4.92. The number of unbranched alkanes of at least 4 members (excludes halogenated alkanes) is 4. The molecule has 0 saturated carbocycles. The molecule has 0 aromatic heterocycles. The fourth-order valence-corrected chi connectivity index (χ4v) is 8.29. The van der Waals surface area contributed by atoms with E-state index in [1.807, 2.05) is 24.3 Å². The van der Waals surface area contributed by atoms with Gasteiger partial charge >= 0.3 is 0 Å². The van der Waals surface area contributed by atoms with Crippen molar-refractivity contribution in [3.8, 4) is 0 Å². The standard InChI is InChI=1S/C17H14OS4.C16H36N.H2O4S/c1-2-20-16(19)10-12(18)11-6-5-9-15-17(11)22-14-8-4-3-7-13(14)21-15;1-5-9-13-17(14-10-6-2,15-11-7-3)16-12-8-4;1-5(2,3)4/h3-9H,2,10H2,1H3;5-16H2,1-4H3;(H2,1,2,3,4)/q;+1;/p-1. The van der Waals surface area contributed by atoms with Crippen LogP contribution in [0.1, 0.15) is 103 Å². The Hall–Kier alpha value is -0.920. The van der Waals surface area contributed by atoms with Crippen LogP contribution in [0.4, 0.5) is 0 Å². The van der Waals surface area contributed by atoms with Crippen molar-refractivity contribution >= 4 is 67.9 Å². The normalized spacial score (nSPS) is 12.2. The van der Waals surface area contributed by atoms with E-state index < -0.39 is 10.4 Å². The number of quaternary nitrogens is 1. The number of thiocarbonyl (C=S) groups is 1. The number of hydrogen-bond acceptors (Lipinski definition) is 8. The number of fused-ring (bicyclic) bond motifs is 2. The number of hydrogen-bond donors (Lipinski definition) is 1. The fraction of sp³-hybridized carbons (Fsp3) is 0.576. The third-order valence-corrected chi connectivity index (χ3v) is 11.0. The van der Waals surface area contributed by atoms with Gasteiger partial charge in [0, 0.05) is 25.1 Å². The lowest BCUT2D eigenvalue weighted by molar-refractivity contribution is -0.929. The molecule has 1 aliphatic heterocycles. The zero-order valence-electron chi connectivity index (χ0n) is 27.0. The van der Waals surface area contributed by atoms with Crippen LogP contribution in [-0.2, 0) is 10.4 Å². The Labute approximate surface area is 285 Å². The molecule has 2 aromatic carbocycles. The zero-order valence-corrected chi connectivity index (χ0v) is 31.1. The molecule has 1 aliphatic rings. The van der Waals surface area contributed by atoms with Crippen LogP contribution in [0.5, 0.6) is 0 Å². The molecule has 44 heavy (non-hydrogen) atoms. The molecule has 0 radical (unpaired) electrons. The van der Waals surface area contributed by atoms with E-state index in [9.17, 15) is 4.79 Å². The molecule has 248 valence electrons. The summed E-state index contributed by atoms with van der Waals surface area (Å²) in [6.45, 7) is 17.1. The van der Waals surface area contributed by atoms with Crippen LogP contribution in [0, 0.1) is 0 Å². The first kappa shape index (κ1) is 41.1. The maximum absolute atomic E-state index is 12.6. The maximum Gasteiger partial charge on any atom is 0.215 e. The van der Waals surface area contributed by atoms with Crippen LogP contribution in [0.15, 0.2) is 62.0 Å². The molecule has 6 nitrogen and oxygen atoms in total. The predicted octanol–water partition coefficient (Wildman–Crippen LogP) is 9.96. The van der Waals surface area contributed by atoms with E-state index in [0.29, 0.717) is 6.42 Å². The van der Waals surface area contributed by atoms with Crippen molar-refractivity contribution in [2.24, 2.45) is 0 Å². The second-order valence-electron chi connectivity index (χ2n) is 10.8. The lowest BCUT2D eigenvalue weighted by Gasteiger charge is -2.39. The number of thioether (sulfide) groups is 1. The zero-order chi connectivity index (χ0) is 33.0. The summed E-state index contributed by atoms with van der Waals surface area (Å²) in [4.78, 5) is 17.3. The topological polar surface area (TPSA) is 94.5 Å². The van der Waals surface area contributed by atoms with E-state index in [1.54, 1.807) is 35.3 Å². The van der Waals surface area contributed by atoms with Crippen molar-refractivity contribution in [3.05, 3.63) is 48.0 Å². The van der Waals surface area contributed by atoms with Crippen molar-refractivity contribution in [1.82, 2.24) is 0 Å². The number of carbonyl (C=O) groups is 1. The highest BCUT2D eigenvalue weighted by molar-refractivity contribution is 8.23. The van der Waals surface area contributed by atoms with Crippen LogP contribution in [0.3, 0.4) is 0 Å². The van der Waals surface area contributed by atoms with E-state index in [0.717, 1.165) is 25.3 Å². The van der Waals surface area contributed by atoms with Gasteiger partial charge in [-0.05, 0) is 49.6 Å². The molecule has 0 atom stereocenters. The Kier molecular flexibility index (Phi) is 21.1. The van der Waals surface area contributed by atoms with E-state index in [2.05, 4.69) is 52.8 Å². The number of carbonyl (C=O) groups excluding carboxylic acids is 1. The molecule has 0 bridgehead atoms. The first-order chi connectivity index (χ1) is 20.9. The van der Waals surface area contributed by atoms with Crippen molar-refractivity contribution < 1.29 is 26.8 Å². The first-order valence-electron chi connectivity index (χ1n) is 15.7. The van der Waals surface area contributed by atoms with Gasteiger partial charge in [0.15, 0.2) is 5.78 Å². The molecule has 0 aliphatic carbocycles. The highest BCUT2D eigenvalue weighted by Crippen LogP contribution is 2.49. The second kappa shape index (κ2) is 22.6. The van der Waals surface area contributed by atoms with Gasteiger partial charge in [0.25, 0.3) is 0 Å². The largest absolute Gasteiger partial charge is 0.726 e. The summed E-state index contributed by atoms with van der Waals surface area (Å²) in [5.74, 6) is 1.03. The van der Waals surface area contributed by atoms with Gasteiger partial charge in [-0.15, -0.1) is 11.8 Å². The molecule has 0 unspecified atom stereocenters. The van der Waals surface area contributed by atoms with Gasteiger partial charge in [-0.1, -0.05) is 120 Å². The number of benzene rings is 2. The Bertz CT molecular complexity index is 1210. The average molecular weight is 702 g/mol. The van der Waals surface area contributed by atoms with Crippen LogP contribution < -0.4 is 0 Å². The minimum atomic E-state index is -4.92. The molecule has 0 fully saturated rings. The van der Waals surface area contributed by atoms with E-state index in [-0.39, 0.29) is 5.78 Å². The van der Waals surface area contributed by atoms with Crippen LogP contribution in [0.25, 0.3) is 0 Å². The van der Waals surface area contributed by atoms with Gasteiger partial charge in [-0.3, -0.25) is 9.35 Å². The molecule has 1 heterocycles. The Balaban J connectivity index is 0.000000393. The molecule has 0 spiro atoms. The quantitative estimate of drug-likeness (QED) is 0.0515. The van der Waals surface area contributed by atoms with Crippen LogP contribution in [0.2, 0.25) is 0 Å². The second-order valence-corrected chi connectivity index (χ2v) is 15.9. The third-order valence-electron chi connectivity index (χ3n) is 7.11. The first-order valence-corrected chi connectivity index (χ1v) is 20.1. The number of ketones is 1. The summed E-state index contributed by atoms with van der Waals surface area (Å²) in [6.07, 6.45) is 11.4. The number of rotatable bonds is 16. The smallest absolute Gasteiger partial charge is 0.215 e. The monoisotopic (exact) mass is 701 g/mol. The summed E-state index contributed by atoms with van der Waals surface area (Å²) in [5, 5.41) is 0. The van der Waals surface area contributed by atoms with Gasteiger partial charge in [0.1, 0.15) is 0 Å². The van der Waals surface area contributed by atoms with E-state index in [4.69, 9.17) is 29.7 Å². The highest BCUT2D eigenvalue weighted by atomic mass is 32.3. The summed E-state index contributed by atoms with van der Waals surface area (Å²) in [6, 6.07) is 14.3. The average Bonchev–Trinajstić information content (AvgIpc) is 2.98. The van der Waals surface area contributed by atoms with Crippen molar-refractivity contribution in [2.45, 2.75) is 112 Å². The van der Waals surface area contributed by atoms with Crippen LogP contribution in [-0.4, -0.2) is 63.9 Å². The Morgan fingerprint density at radius 3 is 1.66 bits per heavy atom. The van der Waals surface area contributed by atoms with Gasteiger partial charge in [-0.2, -0.15) is 0 Å². The Morgan fingerprint density at radius 2 is 1.23 bits per heavy atom. The molecule has 1 N–H and O–H groups in total. The predicted molar refractivity (Wildman–Crippen MR) is 192 cm³/mol. The Morgan fingerprint density at radius 1 is 0.795 bits per heavy atom. The van der Waals surface area contributed by atoms with Crippen molar-refractivity contribution in [3.63, 3.8) is 0 Å². The van der Waals surface area contributed by atoms with Gasteiger partial charge < -0.3 is 9.04 Å². The van der Waals surface area contributed by atoms with Gasteiger partial charge in [0.05, 0.1) is 36.8 Å². The molecule has 2 aromatic rings. The van der Waals surface area contributed by atoms with Gasteiger partial charge in [-0.25, -0.2) is 8.42 Å². The van der Waals surface area contributed by atoms with E-state index in [1.165, 1.54) is 91.8 Å². The summed E-state index contributed by atoms with van der Waals surface area (Å²) >= 11 is 10.3. The maximum atomic E-state index is 12.6. The van der Waals surface area contributed by atoms with Crippen LogP contribution >= 0.6 is 47.5 Å². The molecule has 0 saturated heterocycles. The van der Waals surface area contributed by atoms with Crippen molar-refractivity contribution in [1.29, 1.82) is 0 Å². The minimum Gasteiger partial charge on any atom is -0.726 e. The lowest BCUT2D eigenvalue weighted by atomic mass is 10.1. The molecule has 0 amide bonds. The molecule has 3 rings (SSSR count). The molecule has 11 heteroatoms. The highest BCUT2D eigenvalue weighted by Gasteiger charge is 2.25. The number of Topliss-reactive ketones (excluding diaryl/α,β-unsaturated/α-hetero) is 1. The SMILES string of the molecule is CCCC[N+](CCCC)(CCCC)CCCC.CCSC(=S)CC(=O)c1cccc2c1Sc1ccccc1S2.O=S(=O)([O-])O. The lowest BCUT2D eigenvalue weighted by Crippen LogP contribution is -2.50. The molecular weight excluding hydrogens is 651 g/mol. The fourth-order valence-electron chi connectivity index (χ4n) is 4.85. The molecular formula is C33H51NO5S5. The van der Waals surface area contributed by atoms with Gasteiger partial charge in [0.2, 0.25) is 10.4 Å². The summed E-state index contributed by atoms with van der Waals surface area (Å²) in [5.41, 5.74) is 0.795.